The van der Waals surface area contributed by atoms with Crippen molar-refractivity contribution in [2.45, 2.75) is 151 Å². The van der Waals surface area contributed by atoms with Gasteiger partial charge in [-0.25, -0.2) is 0 Å². The number of aliphatic hydroxyl groups is 1. The molecule has 6 aliphatic carbocycles. The topological polar surface area (TPSA) is 66.4 Å². The molecule has 0 radical (unpaired) electrons. The van der Waals surface area contributed by atoms with Gasteiger partial charge in [0.1, 0.15) is 0 Å². The van der Waals surface area contributed by atoms with E-state index >= 15 is 0 Å². The molecule has 0 aromatic rings. The second-order valence-electron chi connectivity index (χ2n) is 17.0. The molecule has 0 bridgehead atoms. The number of carbonyl (C=O) groups excluding carboxylic acids is 2. The Morgan fingerprint density at radius 1 is 0.825 bits per heavy atom. The van der Waals surface area contributed by atoms with Crippen LogP contribution in [0.2, 0.25) is 0 Å². The molecule has 6 rings (SSSR count). The maximum atomic E-state index is 14.3. The smallest absolute Gasteiger partial charge is 0.231 e. The van der Waals surface area contributed by atoms with Crippen LogP contribution in [0.15, 0.2) is 11.1 Å². The molecule has 4 heteroatoms. The zero-order valence-electron chi connectivity index (χ0n) is 26.6. The molecule has 8 atom stereocenters. The van der Waals surface area contributed by atoms with Gasteiger partial charge in [0.25, 0.3) is 0 Å². The van der Waals surface area contributed by atoms with Crippen LogP contribution in [-0.4, -0.2) is 28.9 Å². The predicted molar refractivity (Wildman–Crippen MR) is 160 cm³/mol. The first-order chi connectivity index (χ1) is 18.7. The van der Waals surface area contributed by atoms with Crippen LogP contribution in [0.5, 0.6) is 0 Å². The van der Waals surface area contributed by atoms with Gasteiger partial charge in [0.15, 0.2) is 5.78 Å². The van der Waals surface area contributed by atoms with Crippen molar-refractivity contribution in [3.63, 3.8) is 0 Å². The highest BCUT2D eigenvalue weighted by molar-refractivity contribution is 6.07. The summed E-state index contributed by atoms with van der Waals surface area (Å²) >= 11 is 0. The van der Waals surface area contributed by atoms with E-state index < -0.39 is 5.41 Å². The Labute approximate surface area is 243 Å². The highest BCUT2D eigenvalue weighted by atomic mass is 16.3. The summed E-state index contributed by atoms with van der Waals surface area (Å²) in [7, 11) is 0. The van der Waals surface area contributed by atoms with Crippen LogP contribution in [-0.2, 0) is 9.59 Å². The largest absolute Gasteiger partial charge is 0.393 e. The molecule has 2 N–H and O–H groups in total. The Morgan fingerprint density at radius 2 is 1.52 bits per heavy atom. The molecule has 5 saturated carbocycles. The molecule has 40 heavy (non-hydrogen) atoms. The number of amides is 1. The first-order valence-corrected chi connectivity index (χ1v) is 17.0. The average molecular weight is 552 g/mol. The van der Waals surface area contributed by atoms with Crippen LogP contribution < -0.4 is 5.32 Å². The average Bonchev–Trinajstić information content (AvgIpc) is 3.21. The third kappa shape index (κ3) is 3.72. The summed E-state index contributed by atoms with van der Waals surface area (Å²) in [5, 5.41) is 14.5. The van der Waals surface area contributed by atoms with E-state index in [2.05, 4.69) is 53.8 Å². The molecule has 224 valence electrons. The van der Waals surface area contributed by atoms with E-state index in [9.17, 15) is 14.7 Å². The van der Waals surface area contributed by atoms with E-state index in [1.165, 1.54) is 44.1 Å². The molecule has 5 fully saturated rings. The van der Waals surface area contributed by atoms with Crippen molar-refractivity contribution in [1.82, 2.24) is 5.32 Å². The zero-order valence-corrected chi connectivity index (χ0v) is 26.6. The standard InChI is InChI=1S/C36H57NO3/c1-22(2)29-25(38)21-36(31(40)37-23-11-9-8-10-12-23)20-19-34(6)24(30(29)36)13-14-27-33(5)17-16-28(39)32(3,4)26(33)15-18-35(27,34)7/h22-24,26-28,39H,8-21H2,1-7H3,(H,37,40)/t24-,26+,27-,28+,33+,34-,35-,36-/m1/s1. The number of ketones is 1. The van der Waals surface area contributed by atoms with Gasteiger partial charge < -0.3 is 10.4 Å². The highest BCUT2D eigenvalue weighted by Gasteiger charge is 2.70. The van der Waals surface area contributed by atoms with Crippen molar-refractivity contribution >= 4 is 11.7 Å². The number of hydrogen-bond donors (Lipinski definition) is 2. The van der Waals surface area contributed by atoms with Gasteiger partial charge in [-0.15, -0.1) is 0 Å². The van der Waals surface area contributed by atoms with E-state index in [1.807, 2.05) is 0 Å². The lowest BCUT2D eigenvalue weighted by molar-refractivity contribution is -0.228. The van der Waals surface area contributed by atoms with E-state index in [4.69, 9.17) is 0 Å². The van der Waals surface area contributed by atoms with Crippen molar-refractivity contribution in [3.05, 3.63) is 11.1 Å². The van der Waals surface area contributed by atoms with Crippen LogP contribution >= 0.6 is 0 Å². The minimum Gasteiger partial charge on any atom is -0.393 e. The van der Waals surface area contributed by atoms with Crippen LogP contribution in [0, 0.1) is 50.7 Å². The number of fused-ring (bicyclic) bond motifs is 7. The molecule has 0 spiro atoms. The second-order valence-corrected chi connectivity index (χ2v) is 17.0. The van der Waals surface area contributed by atoms with Crippen molar-refractivity contribution in [2.75, 3.05) is 0 Å². The Bertz CT molecular complexity index is 1100. The Balaban J connectivity index is 1.40. The molecule has 1 amide bonds. The maximum absolute atomic E-state index is 14.3. The van der Waals surface area contributed by atoms with E-state index in [0.29, 0.717) is 24.2 Å². The number of hydrogen-bond acceptors (Lipinski definition) is 3. The molecule has 0 saturated heterocycles. The van der Waals surface area contributed by atoms with Gasteiger partial charge in [-0.3, -0.25) is 9.59 Å². The molecule has 0 unspecified atom stereocenters. The van der Waals surface area contributed by atoms with Gasteiger partial charge >= 0.3 is 0 Å². The molecular weight excluding hydrogens is 494 g/mol. The summed E-state index contributed by atoms with van der Waals surface area (Å²) in [6, 6.07) is 0.275. The van der Waals surface area contributed by atoms with Gasteiger partial charge in [-0.2, -0.15) is 0 Å². The summed E-state index contributed by atoms with van der Waals surface area (Å²) in [6.07, 6.45) is 14.6. The normalized spacial score (nSPS) is 46.9. The molecular formula is C36H57NO3. The van der Waals surface area contributed by atoms with Gasteiger partial charge in [0.2, 0.25) is 5.91 Å². The third-order valence-electron chi connectivity index (χ3n) is 14.8. The highest BCUT2D eigenvalue weighted by Crippen LogP contribution is 2.76. The fraction of sp³-hybridized carbons (Fsp3) is 0.889. The fourth-order valence-corrected chi connectivity index (χ4v) is 12.5. The SMILES string of the molecule is CC(C)C1=C2[C@H]3CC[C@@H]4[C@@]5(C)CC[C@H](O)C(C)(C)[C@@H]5CC[C@@]4(C)[C@]3(C)CC[C@@]2(C(=O)NC2CCCCC2)CC1=O. The number of rotatable bonds is 3. The second kappa shape index (κ2) is 9.42. The predicted octanol–water partition coefficient (Wildman–Crippen LogP) is 7.78. The van der Waals surface area contributed by atoms with Crippen LogP contribution in [0.4, 0.5) is 0 Å². The Hall–Kier alpha value is -1.16. The Morgan fingerprint density at radius 3 is 2.20 bits per heavy atom. The van der Waals surface area contributed by atoms with Crippen LogP contribution in [0.1, 0.15) is 138 Å². The lowest BCUT2D eigenvalue weighted by Gasteiger charge is -2.72. The van der Waals surface area contributed by atoms with Gasteiger partial charge in [-0.05, 0) is 121 Å². The lowest BCUT2D eigenvalue weighted by atomic mass is 9.33. The zero-order chi connectivity index (χ0) is 28.9. The van der Waals surface area contributed by atoms with Gasteiger partial charge in [-0.1, -0.05) is 67.7 Å². The number of Topliss-reactive ketones (excluding diaryl/α,β-unsaturated/α-hetero) is 1. The Kier molecular flexibility index (Phi) is 6.81. The number of carbonyl (C=O) groups is 2. The molecule has 0 heterocycles. The lowest BCUT2D eigenvalue weighted by Crippen LogP contribution is -2.66. The summed E-state index contributed by atoms with van der Waals surface area (Å²) in [5.74, 6) is 2.06. The minimum absolute atomic E-state index is 0.0454. The van der Waals surface area contributed by atoms with Crippen molar-refractivity contribution in [3.8, 4) is 0 Å². The molecule has 0 aliphatic heterocycles. The van der Waals surface area contributed by atoms with E-state index in [1.54, 1.807) is 0 Å². The summed E-state index contributed by atoms with van der Waals surface area (Å²) in [6.45, 7) is 16.7. The number of nitrogens with one attached hydrogen (secondary N) is 1. The third-order valence-corrected chi connectivity index (χ3v) is 14.8. The summed E-state index contributed by atoms with van der Waals surface area (Å²) < 4.78 is 0. The first-order valence-electron chi connectivity index (χ1n) is 17.0. The number of allylic oxidation sites excluding steroid dienone is 1. The van der Waals surface area contributed by atoms with E-state index in [-0.39, 0.29) is 51.4 Å². The monoisotopic (exact) mass is 551 g/mol. The summed E-state index contributed by atoms with van der Waals surface area (Å²) in [4.78, 5) is 28.1. The fourth-order valence-electron chi connectivity index (χ4n) is 12.5. The molecule has 0 aromatic heterocycles. The van der Waals surface area contributed by atoms with Gasteiger partial charge in [0.05, 0.1) is 11.5 Å². The quantitative estimate of drug-likeness (QED) is 0.376. The van der Waals surface area contributed by atoms with Crippen LogP contribution in [0.25, 0.3) is 0 Å². The molecule has 4 nitrogen and oxygen atoms in total. The van der Waals surface area contributed by atoms with Crippen molar-refractivity contribution < 1.29 is 14.7 Å². The molecule has 6 aliphatic rings. The number of aliphatic hydroxyl groups excluding tert-OH is 1. The summed E-state index contributed by atoms with van der Waals surface area (Å²) in [5.41, 5.74) is 2.11. The van der Waals surface area contributed by atoms with Crippen molar-refractivity contribution in [2.24, 2.45) is 50.7 Å². The van der Waals surface area contributed by atoms with Gasteiger partial charge in [0, 0.05) is 12.5 Å². The molecule has 0 aromatic carbocycles. The van der Waals surface area contributed by atoms with Crippen LogP contribution in [0.3, 0.4) is 0 Å². The van der Waals surface area contributed by atoms with Crippen molar-refractivity contribution in [1.29, 1.82) is 0 Å². The van der Waals surface area contributed by atoms with E-state index in [0.717, 1.165) is 50.5 Å². The maximum Gasteiger partial charge on any atom is 0.231 e. The minimum atomic E-state index is -0.625. The first kappa shape index (κ1) is 28.9.